The number of anilines is 1. The Morgan fingerprint density at radius 1 is 1.41 bits per heavy atom. The van der Waals surface area contributed by atoms with Crippen molar-refractivity contribution < 1.29 is 13.9 Å². The van der Waals surface area contributed by atoms with Crippen LogP contribution in [0, 0.1) is 11.7 Å². The maximum atomic E-state index is 13.0. The van der Waals surface area contributed by atoms with Crippen LogP contribution < -0.4 is 4.90 Å². The van der Waals surface area contributed by atoms with Gasteiger partial charge in [-0.3, -0.25) is 4.79 Å². The first-order valence-corrected chi connectivity index (χ1v) is 7.68. The molecule has 1 amide bonds. The minimum atomic E-state index is -0.450. The van der Waals surface area contributed by atoms with Crippen molar-refractivity contribution in [3.05, 3.63) is 18.2 Å². The molecule has 3 heterocycles. The minimum absolute atomic E-state index is 0.0292. The van der Waals surface area contributed by atoms with E-state index in [4.69, 9.17) is 4.74 Å². The van der Waals surface area contributed by atoms with E-state index >= 15 is 0 Å². The predicted molar refractivity (Wildman–Crippen MR) is 78.9 cm³/mol. The summed E-state index contributed by atoms with van der Waals surface area (Å²) in [5, 5.41) is 0. The van der Waals surface area contributed by atoms with Crippen molar-refractivity contribution in [2.45, 2.75) is 32.4 Å². The summed E-state index contributed by atoms with van der Waals surface area (Å²) in [7, 11) is 0. The average molecular weight is 308 g/mol. The van der Waals surface area contributed by atoms with Gasteiger partial charge in [0.1, 0.15) is 0 Å². The highest BCUT2D eigenvalue weighted by Crippen LogP contribution is 2.26. The molecule has 2 atom stereocenters. The third-order valence-corrected chi connectivity index (χ3v) is 4.10. The van der Waals surface area contributed by atoms with E-state index < -0.39 is 5.82 Å². The Bertz CT molecular complexity index is 537. The van der Waals surface area contributed by atoms with Crippen LogP contribution in [0.5, 0.6) is 0 Å². The molecule has 7 heteroatoms. The number of aromatic nitrogens is 2. The van der Waals surface area contributed by atoms with Crippen molar-refractivity contribution in [3.63, 3.8) is 0 Å². The summed E-state index contributed by atoms with van der Waals surface area (Å²) in [6.07, 6.45) is 2.86. The van der Waals surface area contributed by atoms with Crippen LogP contribution in [0.2, 0.25) is 0 Å². The first kappa shape index (κ1) is 15.1. The molecule has 2 fully saturated rings. The van der Waals surface area contributed by atoms with E-state index in [0.717, 1.165) is 0 Å². The standard InChI is InChI=1S/C15H21FN4O2/c1-10(2)5-14(21)19-8-12-13(9-19)22-4-3-20(12)15-17-6-11(16)7-18-15/h6-7,10,12-13H,3-5,8-9H2,1-2H3/t12-,13+/m1/s1. The fraction of sp³-hybridized carbons (Fsp3) is 0.667. The van der Waals surface area contributed by atoms with Gasteiger partial charge in [-0.25, -0.2) is 14.4 Å². The number of ether oxygens (including phenoxy) is 1. The fourth-order valence-electron chi connectivity index (χ4n) is 3.07. The van der Waals surface area contributed by atoms with Gasteiger partial charge in [0, 0.05) is 26.1 Å². The highest BCUT2D eigenvalue weighted by atomic mass is 19.1. The van der Waals surface area contributed by atoms with Gasteiger partial charge in [-0.05, 0) is 5.92 Å². The first-order chi connectivity index (χ1) is 10.5. The van der Waals surface area contributed by atoms with Crippen molar-refractivity contribution in [1.82, 2.24) is 14.9 Å². The van der Waals surface area contributed by atoms with Crippen LogP contribution in [0.1, 0.15) is 20.3 Å². The summed E-state index contributed by atoms with van der Waals surface area (Å²) in [5.41, 5.74) is 0. The van der Waals surface area contributed by atoms with Crippen molar-refractivity contribution in [2.24, 2.45) is 5.92 Å². The van der Waals surface area contributed by atoms with Gasteiger partial charge >= 0.3 is 0 Å². The number of amides is 1. The average Bonchev–Trinajstić information content (AvgIpc) is 2.91. The van der Waals surface area contributed by atoms with Gasteiger partial charge in [-0.1, -0.05) is 13.8 Å². The van der Waals surface area contributed by atoms with Crippen LogP contribution in [0.4, 0.5) is 10.3 Å². The second kappa shape index (κ2) is 6.16. The number of carbonyl (C=O) groups is 1. The van der Waals surface area contributed by atoms with Gasteiger partial charge in [-0.15, -0.1) is 0 Å². The molecule has 0 spiro atoms. The molecule has 1 aromatic heterocycles. The smallest absolute Gasteiger partial charge is 0.225 e. The first-order valence-electron chi connectivity index (χ1n) is 7.68. The lowest BCUT2D eigenvalue weighted by atomic mass is 10.1. The summed E-state index contributed by atoms with van der Waals surface area (Å²) in [6.45, 7) is 6.50. The summed E-state index contributed by atoms with van der Waals surface area (Å²) >= 11 is 0. The molecule has 120 valence electrons. The normalized spacial score (nSPS) is 24.7. The Morgan fingerprint density at radius 3 is 2.82 bits per heavy atom. The fourth-order valence-corrected chi connectivity index (χ4v) is 3.07. The summed E-state index contributed by atoms with van der Waals surface area (Å²) < 4.78 is 18.8. The number of hydrogen-bond acceptors (Lipinski definition) is 5. The molecule has 0 radical (unpaired) electrons. The molecule has 0 saturated carbocycles. The Labute approximate surface area is 129 Å². The molecule has 0 aliphatic carbocycles. The Morgan fingerprint density at radius 2 is 2.14 bits per heavy atom. The number of fused-ring (bicyclic) bond motifs is 1. The van der Waals surface area contributed by atoms with E-state index in [1.54, 1.807) is 0 Å². The van der Waals surface area contributed by atoms with Crippen LogP contribution >= 0.6 is 0 Å². The lowest BCUT2D eigenvalue weighted by Gasteiger charge is -2.36. The van der Waals surface area contributed by atoms with Gasteiger partial charge in [0.05, 0.1) is 31.1 Å². The van der Waals surface area contributed by atoms with Crippen LogP contribution in [0.25, 0.3) is 0 Å². The van der Waals surface area contributed by atoms with Crippen molar-refractivity contribution >= 4 is 11.9 Å². The second-order valence-corrected chi connectivity index (χ2v) is 6.27. The summed E-state index contributed by atoms with van der Waals surface area (Å²) in [5.74, 6) is 0.548. The van der Waals surface area contributed by atoms with Crippen LogP contribution in [-0.2, 0) is 9.53 Å². The SMILES string of the molecule is CC(C)CC(=O)N1C[C@@H]2OCCN(c3ncc(F)cn3)[C@@H]2C1. The molecular formula is C15H21FN4O2. The maximum Gasteiger partial charge on any atom is 0.225 e. The Balaban J connectivity index is 1.73. The molecular weight excluding hydrogens is 287 g/mol. The van der Waals surface area contributed by atoms with E-state index in [9.17, 15) is 9.18 Å². The number of carbonyl (C=O) groups excluding carboxylic acids is 1. The van der Waals surface area contributed by atoms with Crippen LogP contribution in [0.3, 0.4) is 0 Å². The molecule has 2 aliphatic rings. The molecule has 0 unspecified atom stereocenters. The molecule has 22 heavy (non-hydrogen) atoms. The number of nitrogens with zero attached hydrogens (tertiary/aromatic N) is 4. The predicted octanol–water partition coefficient (Wildman–Crippen LogP) is 1.08. The molecule has 0 aromatic carbocycles. The molecule has 0 N–H and O–H groups in total. The van der Waals surface area contributed by atoms with Gasteiger partial charge in [0.15, 0.2) is 5.82 Å². The molecule has 0 bridgehead atoms. The molecule has 1 aromatic rings. The maximum absolute atomic E-state index is 13.0. The molecule has 2 saturated heterocycles. The molecule has 3 rings (SSSR count). The number of likely N-dealkylation sites (tertiary alicyclic amines) is 1. The van der Waals surface area contributed by atoms with E-state index in [0.29, 0.717) is 44.5 Å². The van der Waals surface area contributed by atoms with E-state index in [1.165, 1.54) is 12.4 Å². The van der Waals surface area contributed by atoms with Crippen molar-refractivity contribution in [1.29, 1.82) is 0 Å². The highest BCUT2D eigenvalue weighted by molar-refractivity contribution is 5.77. The third-order valence-electron chi connectivity index (χ3n) is 4.10. The summed E-state index contributed by atoms with van der Waals surface area (Å²) in [4.78, 5) is 24.3. The van der Waals surface area contributed by atoms with Gasteiger partial charge in [0.2, 0.25) is 11.9 Å². The van der Waals surface area contributed by atoms with E-state index in [1.807, 2.05) is 23.6 Å². The van der Waals surface area contributed by atoms with Crippen molar-refractivity contribution in [3.8, 4) is 0 Å². The second-order valence-electron chi connectivity index (χ2n) is 6.27. The zero-order chi connectivity index (χ0) is 15.7. The third kappa shape index (κ3) is 3.04. The molecule has 6 nitrogen and oxygen atoms in total. The number of halogens is 1. The Hall–Kier alpha value is -1.76. The summed E-state index contributed by atoms with van der Waals surface area (Å²) in [6, 6.07) is 0.0373. The number of hydrogen-bond donors (Lipinski definition) is 0. The quantitative estimate of drug-likeness (QED) is 0.836. The van der Waals surface area contributed by atoms with E-state index in [-0.39, 0.29) is 18.1 Å². The minimum Gasteiger partial charge on any atom is -0.372 e. The van der Waals surface area contributed by atoms with Crippen molar-refractivity contribution in [2.75, 3.05) is 31.1 Å². The lowest BCUT2D eigenvalue weighted by Crippen LogP contribution is -2.51. The Kier molecular flexibility index (Phi) is 4.24. The number of morpholine rings is 1. The van der Waals surface area contributed by atoms with Crippen LogP contribution in [0.15, 0.2) is 12.4 Å². The van der Waals surface area contributed by atoms with Gasteiger partial charge in [0.25, 0.3) is 0 Å². The monoisotopic (exact) mass is 308 g/mol. The topological polar surface area (TPSA) is 58.6 Å². The molecule has 2 aliphatic heterocycles. The van der Waals surface area contributed by atoms with Gasteiger partial charge in [-0.2, -0.15) is 0 Å². The zero-order valence-electron chi connectivity index (χ0n) is 12.9. The lowest BCUT2D eigenvalue weighted by molar-refractivity contribution is -0.131. The zero-order valence-corrected chi connectivity index (χ0v) is 12.9. The van der Waals surface area contributed by atoms with Gasteiger partial charge < -0.3 is 14.5 Å². The van der Waals surface area contributed by atoms with E-state index in [2.05, 4.69) is 9.97 Å². The highest BCUT2D eigenvalue weighted by Gasteiger charge is 2.42. The number of rotatable bonds is 3. The van der Waals surface area contributed by atoms with Crippen LogP contribution in [-0.4, -0.2) is 59.2 Å². The largest absolute Gasteiger partial charge is 0.372 e.